The Bertz CT molecular complexity index is 555. The van der Waals surface area contributed by atoms with Crippen molar-refractivity contribution in [1.29, 1.82) is 0 Å². The van der Waals surface area contributed by atoms with E-state index in [9.17, 15) is 0 Å². The zero-order chi connectivity index (χ0) is 14.5. The van der Waals surface area contributed by atoms with Crippen molar-refractivity contribution in [2.75, 3.05) is 23.0 Å². The zero-order valence-electron chi connectivity index (χ0n) is 11.9. The summed E-state index contributed by atoms with van der Waals surface area (Å²) in [6.45, 7) is 2.07. The van der Waals surface area contributed by atoms with Crippen LogP contribution in [0.4, 0.5) is 0 Å². The fourth-order valence-electron chi connectivity index (χ4n) is 2.16. The Balaban J connectivity index is 1.65. The smallest absolute Gasteiger partial charge is 0.243 e. The van der Waals surface area contributed by atoms with Crippen LogP contribution in [0.25, 0.3) is 11.4 Å². The SMILES string of the molecule is C[C@H](NC1CSCCSC1)c1nc(-c2cccnc2)no1. The van der Waals surface area contributed by atoms with Gasteiger partial charge in [0.25, 0.3) is 0 Å². The molecule has 0 aromatic carbocycles. The minimum atomic E-state index is 0.0622. The van der Waals surface area contributed by atoms with E-state index in [1.54, 1.807) is 12.4 Å². The number of hydrogen-bond donors (Lipinski definition) is 1. The summed E-state index contributed by atoms with van der Waals surface area (Å²) in [5, 5.41) is 7.63. The molecule has 3 rings (SSSR count). The third-order valence-corrected chi connectivity index (χ3v) is 5.75. The van der Waals surface area contributed by atoms with Crippen LogP contribution in [0, 0.1) is 0 Å². The highest BCUT2D eigenvalue weighted by Crippen LogP contribution is 2.21. The molecule has 1 N–H and O–H groups in total. The summed E-state index contributed by atoms with van der Waals surface area (Å²) in [6.07, 6.45) is 3.47. The number of hydrogen-bond acceptors (Lipinski definition) is 7. The number of nitrogens with one attached hydrogen (secondary N) is 1. The Hall–Kier alpha value is -1.05. The molecule has 0 amide bonds. The quantitative estimate of drug-likeness (QED) is 0.928. The first kappa shape index (κ1) is 14.9. The van der Waals surface area contributed by atoms with Gasteiger partial charge in [-0.3, -0.25) is 4.98 Å². The minimum Gasteiger partial charge on any atom is -0.337 e. The van der Waals surface area contributed by atoms with Crippen LogP contribution in [0.3, 0.4) is 0 Å². The van der Waals surface area contributed by atoms with Crippen LogP contribution < -0.4 is 5.32 Å². The van der Waals surface area contributed by atoms with E-state index >= 15 is 0 Å². The summed E-state index contributed by atoms with van der Waals surface area (Å²) in [4.78, 5) is 8.55. The average Bonchev–Trinajstić information content (AvgIpc) is 2.88. The molecule has 2 aromatic heterocycles. The van der Waals surface area contributed by atoms with Crippen LogP contribution in [0.15, 0.2) is 29.0 Å². The van der Waals surface area contributed by atoms with Gasteiger partial charge in [0.05, 0.1) is 6.04 Å². The molecule has 1 saturated heterocycles. The molecule has 1 aliphatic rings. The van der Waals surface area contributed by atoms with E-state index in [1.165, 1.54) is 11.5 Å². The van der Waals surface area contributed by atoms with Crippen LogP contribution in [0.2, 0.25) is 0 Å². The van der Waals surface area contributed by atoms with Crippen LogP contribution >= 0.6 is 23.5 Å². The normalized spacial score (nSPS) is 18.3. The second-order valence-corrected chi connectivity index (χ2v) is 7.23. The van der Waals surface area contributed by atoms with Crippen molar-refractivity contribution in [3.05, 3.63) is 30.4 Å². The average molecular weight is 322 g/mol. The van der Waals surface area contributed by atoms with Crippen LogP contribution in [0.1, 0.15) is 18.9 Å². The predicted octanol–water partition coefficient (Wildman–Crippen LogP) is 2.63. The van der Waals surface area contributed by atoms with Gasteiger partial charge < -0.3 is 9.84 Å². The molecule has 0 aliphatic carbocycles. The van der Waals surface area contributed by atoms with Gasteiger partial charge in [-0.05, 0) is 19.1 Å². The van der Waals surface area contributed by atoms with Gasteiger partial charge in [-0.1, -0.05) is 5.16 Å². The molecule has 1 fully saturated rings. The highest BCUT2D eigenvalue weighted by Gasteiger charge is 2.20. The fraction of sp³-hybridized carbons (Fsp3) is 0.500. The van der Waals surface area contributed by atoms with Gasteiger partial charge in [-0.15, -0.1) is 0 Å². The van der Waals surface area contributed by atoms with E-state index in [0.717, 1.165) is 17.1 Å². The Morgan fingerprint density at radius 3 is 2.86 bits per heavy atom. The topological polar surface area (TPSA) is 63.8 Å². The second kappa shape index (κ2) is 7.29. The zero-order valence-corrected chi connectivity index (χ0v) is 13.5. The first-order chi connectivity index (χ1) is 10.3. The van der Waals surface area contributed by atoms with Crippen LogP contribution in [-0.2, 0) is 0 Å². The number of rotatable bonds is 4. The van der Waals surface area contributed by atoms with Gasteiger partial charge in [0.2, 0.25) is 11.7 Å². The molecular weight excluding hydrogens is 304 g/mol. The lowest BCUT2D eigenvalue weighted by Gasteiger charge is -2.18. The molecule has 0 unspecified atom stereocenters. The maximum absolute atomic E-state index is 5.39. The van der Waals surface area contributed by atoms with Gasteiger partial charge in [-0.25, -0.2) is 0 Å². The highest BCUT2D eigenvalue weighted by atomic mass is 32.2. The monoisotopic (exact) mass is 322 g/mol. The maximum atomic E-state index is 5.39. The molecular formula is C14H18N4OS2. The summed E-state index contributed by atoms with van der Waals surface area (Å²) in [5.74, 6) is 5.98. The number of thioether (sulfide) groups is 2. The molecule has 2 aromatic rings. The van der Waals surface area contributed by atoms with E-state index in [-0.39, 0.29) is 6.04 Å². The first-order valence-electron chi connectivity index (χ1n) is 6.98. The van der Waals surface area contributed by atoms with E-state index in [0.29, 0.717) is 17.8 Å². The van der Waals surface area contributed by atoms with E-state index in [1.807, 2.05) is 35.7 Å². The fourth-order valence-corrected chi connectivity index (χ4v) is 4.58. The van der Waals surface area contributed by atoms with Crippen molar-refractivity contribution in [2.24, 2.45) is 0 Å². The van der Waals surface area contributed by atoms with Gasteiger partial charge in [0.1, 0.15) is 0 Å². The lowest BCUT2D eigenvalue weighted by Crippen LogP contribution is -2.35. The van der Waals surface area contributed by atoms with Crippen LogP contribution in [0.5, 0.6) is 0 Å². The largest absolute Gasteiger partial charge is 0.337 e. The highest BCUT2D eigenvalue weighted by molar-refractivity contribution is 8.03. The molecule has 5 nitrogen and oxygen atoms in total. The second-order valence-electron chi connectivity index (χ2n) is 4.93. The molecule has 0 saturated carbocycles. The molecule has 7 heteroatoms. The predicted molar refractivity (Wildman–Crippen MR) is 87.5 cm³/mol. The molecule has 0 radical (unpaired) electrons. The van der Waals surface area contributed by atoms with Crippen LogP contribution in [-0.4, -0.2) is 44.2 Å². The van der Waals surface area contributed by atoms with Gasteiger partial charge in [0.15, 0.2) is 0 Å². The summed E-state index contributed by atoms with van der Waals surface area (Å²) < 4.78 is 5.39. The van der Waals surface area contributed by atoms with Crippen molar-refractivity contribution in [2.45, 2.75) is 19.0 Å². The van der Waals surface area contributed by atoms with E-state index in [2.05, 4.69) is 27.4 Å². The first-order valence-corrected chi connectivity index (χ1v) is 9.29. The third kappa shape index (κ3) is 3.99. The van der Waals surface area contributed by atoms with Crippen molar-refractivity contribution in [3.8, 4) is 11.4 Å². The molecule has 1 atom stereocenters. The Morgan fingerprint density at radius 1 is 1.33 bits per heavy atom. The maximum Gasteiger partial charge on any atom is 0.243 e. The van der Waals surface area contributed by atoms with Crippen molar-refractivity contribution >= 4 is 23.5 Å². The van der Waals surface area contributed by atoms with E-state index < -0.39 is 0 Å². The van der Waals surface area contributed by atoms with Crippen molar-refractivity contribution in [1.82, 2.24) is 20.4 Å². The molecule has 0 bridgehead atoms. The molecule has 1 aliphatic heterocycles. The molecule has 3 heterocycles. The number of nitrogens with zero attached hydrogens (tertiary/aromatic N) is 3. The van der Waals surface area contributed by atoms with E-state index in [4.69, 9.17) is 4.52 Å². The number of pyridine rings is 1. The lowest BCUT2D eigenvalue weighted by molar-refractivity contribution is 0.332. The van der Waals surface area contributed by atoms with Gasteiger partial charge >= 0.3 is 0 Å². The summed E-state index contributed by atoms with van der Waals surface area (Å²) >= 11 is 4.01. The Kier molecular flexibility index (Phi) is 5.16. The third-order valence-electron chi connectivity index (χ3n) is 3.23. The molecule has 112 valence electrons. The van der Waals surface area contributed by atoms with Crippen molar-refractivity contribution < 1.29 is 4.52 Å². The molecule has 0 spiro atoms. The molecule has 21 heavy (non-hydrogen) atoms. The lowest BCUT2D eigenvalue weighted by atomic mass is 10.2. The summed E-state index contributed by atoms with van der Waals surface area (Å²) in [6, 6.07) is 4.35. The van der Waals surface area contributed by atoms with Crippen molar-refractivity contribution in [3.63, 3.8) is 0 Å². The minimum absolute atomic E-state index is 0.0622. The Labute approximate surface area is 132 Å². The number of aromatic nitrogens is 3. The van der Waals surface area contributed by atoms with Gasteiger partial charge in [0, 0.05) is 47.0 Å². The Morgan fingerprint density at radius 2 is 2.14 bits per heavy atom. The standard InChI is InChI=1S/C14H18N4OS2/c1-10(16-12-8-20-5-6-21-9-12)14-17-13(18-19-14)11-3-2-4-15-7-11/h2-4,7,10,12,16H,5-6,8-9H2,1H3/t10-/m0/s1. The summed E-state index contributed by atoms with van der Waals surface area (Å²) in [5.41, 5.74) is 0.875. The summed E-state index contributed by atoms with van der Waals surface area (Å²) in [7, 11) is 0. The van der Waals surface area contributed by atoms with Gasteiger partial charge in [-0.2, -0.15) is 28.5 Å².